The Morgan fingerprint density at radius 3 is 3.00 bits per heavy atom. The Bertz CT molecular complexity index is 283. The van der Waals surface area contributed by atoms with E-state index in [-0.39, 0.29) is 6.61 Å². The van der Waals surface area contributed by atoms with Crippen LogP contribution in [-0.4, -0.2) is 21.9 Å². The van der Waals surface area contributed by atoms with Gasteiger partial charge in [0.15, 0.2) is 5.82 Å². The fourth-order valence-corrected chi connectivity index (χ4v) is 1.16. The molecule has 0 unspecified atom stereocenters. The maximum atomic E-state index is 8.74. The second kappa shape index (κ2) is 3.43. The van der Waals surface area contributed by atoms with E-state index in [2.05, 4.69) is 10.1 Å². The highest BCUT2D eigenvalue weighted by Crippen LogP contribution is 2.31. The van der Waals surface area contributed by atoms with Crippen molar-refractivity contribution < 1.29 is 9.63 Å². The van der Waals surface area contributed by atoms with E-state index in [0.29, 0.717) is 11.7 Å². The third-order valence-electron chi connectivity index (χ3n) is 2.17. The van der Waals surface area contributed by atoms with E-state index in [9.17, 15) is 0 Å². The van der Waals surface area contributed by atoms with Gasteiger partial charge in [-0.15, -0.1) is 0 Å². The Hall–Kier alpha value is -0.940. The van der Waals surface area contributed by atoms with Gasteiger partial charge < -0.3 is 15.4 Å². The SMILES string of the molecule is N[C@H](CO)c1nc(CC2CC2)no1. The molecule has 1 aliphatic carbocycles. The molecule has 1 fully saturated rings. The first-order valence-corrected chi connectivity index (χ1v) is 4.48. The molecule has 72 valence electrons. The average Bonchev–Trinajstić information content (AvgIpc) is 2.81. The molecule has 0 spiro atoms. The topological polar surface area (TPSA) is 85.2 Å². The average molecular weight is 183 g/mol. The second-order valence-corrected chi connectivity index (χ2v) is 3.49. The van der Waals surface area contributed by atoms with Crippen molar-refractivity contribution in [2.45, 2.75) is 25.3 Å². The van der Waals surface area contributed by atoms with Crippen LogP contribution in [0.25, 0.3) is 0 Å². The maximum Gasteiger partial charge on any atom is 0.245 e. The Morgan fingerprint density at radius 1 is 1.62 bits per heavy atom. The minimum absolute atomic E-state index is 0.162. The van der Waals surface area contributed by atoms with E-state index < -0.39 is 6.04 Å². The van der Waals surface area contributed by atoms with Crippen molar-refractivity contribution in [3.63, 3.8) is 0 Å². The van der Waals surface area contributed by atoms with Gasteiger partial charge >= 0.3 is 0 Å². The molecular formula is C8H13N3O2. The standard InChI is InChI=1S/C8H13N3O2/c9-6(4-12)8-10-7(11-13-8)3-5-1-2-5/h5-6,12H,1-4,9H2/t6-/m1/s1. The van der Waals surface area contributed by atoms with E-state index in [1.165, 1.54) is 12.8 Å². The van der Waals surface area contributed by atoms with Crippen LogP contribution in [0.5, 0.6) is 0 Å². The molecule has 1 saturated carbocycles. The highest BCUT2D eigenvalue weighted by Gasteiger charge is 2.24. The number of nitrogens with two attached hydrogens (primary N) is 1. The van der Waals surface area contributed by atoms with Crippen LogP contribution in [0.2, 0.25) is 0 Å². The van der Waals surface area contributed by atoms with E-state index >= 15 is 0 Å². The lowest BCUT2D eigenvalue weighted by atomic mass is 10.3. The number of hydrogen-bond acceptors (Lipinski definition) is 5. The molecule has 0 radical (unpaired) electrons. The van der Waals surface area contributed by atoms with Crippen molar-refractivity contribution in [1.82, 2.24) is 10.1 Å². The van der Waals surface area contributed by atoms with Crippen LogP contribution in [0, 0.1) is 5.92 Å². The Labute approximate surface area is 75.9 Å². The molecule has 2 rings (SSSR count). The lowest BCUT2D eigenvalue weighted by molar-refractivity contribution is 0.236. The van der Waals surface area contributed by atoms with Gasteiger partial charge in [0.2, 0.25) is 5.89 Å². The molecule has 0 saturated heterocycles. The Morgan fingerprint density at radius 2 is 2.38 bits per heavy atom. The molecule has 0 bridgehead atoms. The van der Waals surface area contributed by atoms with Gasteiger partial charge in [0.25, 0.3) is 0 Å². The van der Waals surface area contributed by atoms with Crippen LogP contribution in [0.1, 0.15) is 30.6 Å². The predicted octanol–water partition coefficient (Wildman–Crippen LogP) is 0.0142. The summed E-state index contributed by atoms with van der Waals surface area (Å²) in [5.74, 6) is 1.77. The number of aliphatic hydroxyl groups excluding tert-OH is 1. The summed E-state index contributed by atoms with van der Waals surface area (Å²) >= 11 is 0. The lowest BCUT2D eigenvalue weighted by Crippen LogP contribution is -2.14. The monoisotopic (exact) mass is 183 g/mol. The maximum absolute atomic E-state index is 8.74. The smallest absolute Gasteiger partial charge is 0.245 e. The summed E-state index contributed by atoms with van der Waals surface area (Å²) < 4.78 is 4.90. The van der Waals surface area contributed by atoms with Crippen molar-refractivity contribution in [2.24, 2.45) is 11.7 Å². The van der Waals surface area contributed by atoms with Gasteiger partial charge in [0, 0.05) is 6.42 Å². The van der Waals surface area contributed by atoms with E-state index in [4.69, 9.17) is 15.4 Å². The van der Waals surface area contributed by atoms with Crippen molar-refractivity contribution in [1.29, 1.82) is 0 Å². The zero-order valence-corrected chi connectivity index (χ0v) is 7.31. The zero-order chi connectivity index (χ0) is 9.26. The summed E-state index contributed by atoms with van der Waals surface area (Å²) in [5, 5.41) is 12.5. The first-order chi connectivity index (χ1) is 6.29. The lowest BCUT2D eigenvalue weighted by Gasteiger charge is -1.98. The van der Waals surface area contributed by atoms with Crippen LogP contribution in [-0.2, 0) is 6.42 Å². The quantitative estimate of drug-likeness (QED) is 0.687. The summed E-state index contributed by atoms with van der Waals surface area (Å²) in [5.41, 5.74) is 5.51. The van der Waals surface area contributed by atoms with Crippen LogP contribution in [0.3, 0.4) is 0 Å². The summed E-state index contributed by atoms with van der Waals surface area (Å²) in [6.07, 6.45) is 3.40. The minimum Gasteiger partial charge on any atom is -0.394 e. The minimum atomic E-state index is -0.541. The van der Waals surface area contributed by atoms with Crippen LogP contribution in [0.15, 0.2) is 4.52 Å². The summed E-state index contributed by atoms with van der Waals surface area (Å²) in [4.78, 5) is 4.10. The molecule has 3 N–H and O–H groups in total. The van der Waals surface area contributed by atoms with E-state index in [1.54, 1.807) is 0 Å². The molecule has 0 amide bonds. The number of rotatable bonds is 4. The first kappa shape index (κ1) is 8.65. The summed E-state index contributed by atoms with van der Waals surface area (Å²) in [6.45, 7) is -0.162. The highest BCUT2D eigenvalue weighted by atomic mass is 16.5. The fraction of sp³-hybridized carbons (Fsp3) is 0.750. The van der Waals surface area contributed by atoms with Gasteiger partial charge in [-0.25, -0.2) is 0 Å². The molecule has 0 aromatic carbocycles. The van der Waals surface area contributed by atoms with Crippen molar-refractivity contribution in [3.8, 4) is 0 Å². The molecule has 1 atom stereocenters. The number of hydrogen-bond donors (Lipinski definition) is 2. The van der Waals surface area contributed by atoms with Gasteiger partial charge in [0.1, 0.15) is 6.04 Å². The van der Waals surface area contributed by atoms with Gasteiger partial charge in [-0.3, -0.25) is 0 Å². The van der Waals surface area contributed by atoms with Crippen molar-refractivity contribution >= 4 is 0 Å². The Kier molecular flexibility index (Phi) is 2.28. The molecule has 5 nitrogen and oxygen atoms in total. The van der Waals surface area contributed by atoms with E-state index in [1.807, 2.05) is 0 Å². The number of nitrogens with zero attached hydrogens (tertiary/aromatic N) is 2. The predicted molar refractivity (Wildman–Crippen MR) is 44.7 cm³/mol. The normalized spacial score (nSPS) is 18.9. The van der Waals surface area contributed by atoms with Gasteiger partial charge in [-0.1, -0.05) is 5.16 Å². The third-order valence-corrected chi connectivity index (χ3v) is 2.17. The highest BCUT2D eigenvalue weighted by molar-refractivity contribution is 4.94. The number of aromatic nitrogens is 2. The molecule has 5 heteroatoms. The fourth-order valence-electron chi connectivity index (χ4n) is 1.16. The molecule has 1 aromatic heterocycles. The Balaban J connectivity index is 1.99. The zero-order valence-electron chi connectivity index (χ0n) is 7.31. The van der Waals surface area contributed by atoms with Gasteiger partial charge in [-0.2, -0.15) is 4.98 Å². The molecule has 1 aliphatic rings. The largest absolute Gasteiger partial charge is 0.394 e. The molecule has 1 aromatic rings. The number of aliphatic hydroxyl groups is 1. The summed E-state index contributed by atoms with van der Waals surface area (Å²) in [6, 6.07) is -0.541. The molecular weight excluding hydrogens is 170 g/mol. The molecule has 0 aliphatic heterocycles. The third kappa shape index (κ3) is 2.05. The van der Waals surface area contributed by atoms with Gasteiger partial charge in [0.05, 0.1) is 6.61 Å². The molecule has 13 heavy (non-hydrogen) atoms. The van der Waals surface area contributed by atoms with Crippen LogP contribution in [0.4, 0.5) is 0 Å². The van der Waals surface area contributed by atoms with Crippen LogP contribution < -0.4 is 5.73 Å². The van der Waals surface area contributed by atoms with Crippen LogP contribution >= 0.6 is 0 Å². The van der Waals surface area contributed by atoms with E-state index in [0.717, 1.165) is 12.3 Å². The molecule has 1 heterocycles. The summed E-state index contributed by atoms with van der Waals surface area (Å²) in [7, 11) is 0. The second-order valence-electron chi connectivity index (χ2n) is 3.49. The van der Waals surface area contributed by atoms with Crippen molar-refractivity contribution in [3.05, 3.63) is 11.7 Å². The van der Waals surface area contributed by atoms with Crippen molar-refractivity contribution in [2.75, 3.05) is 6.61 Å². The van der Waals surface area contributed by atoms with Gasteiger partial charge in [-0.05, 0) is 18.8 Å². The first-order valence-electron chi connectivity index (χ1n) is 4.48.